The maximum Gasteiger partial charge on any atom is 0.228 e. The topological polar surface area (TPSA) is 60.9 Å². The second kappa shape index (κ2) is 5.86. The molecule has 6 heteroatoms. The normalized spacial score (nSPS) is 31.3. The van der Waals surface area contributed by atoms with Gasteiger partial charge in [0.05, 0.1) is 25.1 Å². The summed E-state index contributed by atoms with van der Waals surface area (Å²) in [4.78, 5) is 27.2. The molecule has 2 aliphatic rings. The number of carbonyl (C=O) groups is 2. The van der Waals surface area contributed by atoms with Crippen LogP contribution >= 0.6 is 0 Å². The van der Waals surface area contributed by atoms with Crippen molar-refractivity contribution in [3.05, 3.63) is 0 Å². The summed E-state index contributed by atoms with van der Waals surface area (Å²) in [6.07, 6.45) is 0.207. The molecule has 0 saturated carbocycles. The Morgan fingerprint density at radius 2 is 2.21 bits per heavy atom. The van der Waals surface area contributed by atoms with Crippen LogP contribution in [0.25, 0.3) is 0 Å². The Kier molecular flexibility index (Phi) is 4.39. The van der Waals surface area contributed by atoms with Gasteiger partial charge in [0.15, 0.2) is 0 Å². The van der Waals surface area contributed by atoms with Crippen LogP contribution in [0.1, 0.15) is 26.2 Å². The van der Waals surface area contributed by atoms with Gasteiger partial charge in [0, 0.05) is 25.9 Å². The fourth-order valence-corrected chi connectivity index (χ4v) is 2.96. The van der Waals surface area contributed by atoms with E-state index in [1.165, 1.54) is 4.90 Å². The summed E-state index contributed by atoms with van der Waals surface area (Å²) in [7, 11) is 0. The van der Waals surface area contributed by atoms with Crippen molar-refractivity contribution in [1.29, 1.82) is 0 Å². The molecule has 5 nitrogen and oxygen atoms in total. The Hall–Kier alpha value is -1.17. The van der Waals surface area contributed by atoms with Crippen molar-refractivity contribution >= 4 is 11.8 Å². The van der Waals surface area contributed by atoms with Crippen LogP contribution < -0.4 is 0 Å². The van der Waals surface area contributed by atoms with Crippen LogP contribution in [0.5, 0.6) is 0 Å². The molecule has 0 spiro atoms. The molecule has 2 amide bonds. The zero-order chi connectivity index (χ0) is 14.0. The van der Waals surface area contributed by atoms with Gasteiger partial charge in [-0.2, -0.15) is 0 Å². The number of hydrogen-bond acceptors (Lipinski definition) is 3. The van der Waals surface area contributed by atoms with Crippen molar-refractivity contribution < 1.29 is 19.1 Å². The molecule has 3 unspecified atom stereocenters. The summed E-state index contributed by atoms with van der Waals surface area (Å²) >= 11 is 0. The number of amides is 2. The molecule has 108 valence electrons. The summed E-state index contributed by atoms with van der Waals surface area (Å²) < 4.78 is 13.3. The predicted octanol–water partition coefficient (Wildman–Crippen LogP) is 0.176. The van der Waals surface area contributed by atoms with Crippen molar-refractivity contribution in [1.82, 2.24) is 9.80 Å². The fraction of sp³-hybridized carbons (Fsp3) is 0.846. The molecule has 2 heterocycles. The summed E-state index contributed by atoms with van der Waals surface area (Å²) in [5, 5.41) is 9.20. The lowest BCUT2D eigenvalue weighted by atomic mass is 10.1. The zero-order valence-corrected chi connectivity index (χ0v) is 11.2. The zero-order valence-electron chi connectivity index (χ0n) is 11.2. The Bertz CT molecular complexity index is 364. The second-order valence-corrected chi connectivity index (χ2v) is 5.40. The van der Waals surface area contributed by atoms with E-state index < -0.39 is 12.2 Å². The number of likely N-dealkylation sites (tertiary alicyclic amines) is 2. The van der Waals surface area contributed by atoms with E-state index in [9.17, 15) is 19.1 Å². The second-order valence-electron chi connectivity index (χ2n) is 5.40. The highest BCUT2D eigenvalue weighted by Crippen LogP contribution is 2.26. The average Bonchev–Trinajstić information content (AvgIpc) is 2.93. The highest BCUT2D eigenvalue weighted by atomic mass is 19.1. The van der Waals surface area contributed by atoms with E-state index in [0.29, 0.717) is 13.1 Å². The number of aliphatic hydroxyl groups excluding tert-OH is 1. The lowest BCUT2D eigenvalue weighted by Crippen LogP contribution is -2.42. The lowest BCUT2D eigenvalue weighted by Gasteiger charge is -2.25. The summed E-state index contributed by atoms with van der Waals surface area (Å²) in [5.74, 6) is -0.568. The molecule has 2 aliphatic heterocycles. The van der Waals surface area contributed by atoms with Gasteiger partial charge in [-0.3, -0.25) is 9.59 Å². The standard InChI is InChI=1S/C13H21FN2O3/c1-2-3-15-6-9(4-12(15)18)13(19)16-7-10(14)5-11(16)8-17/h9-11,17H,2-8H2,1H3. The van der Waals surface area contributed by atoms with Gasteiger partial charge >= 0.3 is 0 Å². The van der Waals surface area contributed by atoms with Gasteiger partial charge in [0.2, 0.25) is 11.8 Å². The van der Waals surface area contributed by atoms with Gasteiger partial charge in [-0.15, -0.1) is 0 Å². The predicted molar refractivity (Wildman–Crippen MR) is 67.1 cm³/mol. The van der Waals surface area contributed by atoms with E-state index >= 15 is 0 Å². The van der Waals surface area contributed by atoms with Gasteiger partial charge in [0.25, 0.3) is 0 Å². The molecule has 3 atom stereocenters. The molecule has 0 aliphatic carbocycles. The molecular formula is C13H21FN2O3. The maximum absolute atomic E-state index is 13.3. The van der Waals surface area contributed by atoms with Crippen LogP contribution in [0.2, 0.25) is 0 Å². The molecular weight excluding hydrogens is 251 g/mol. The third-order valence-corrected chi connectivity index (χ3v) is 3.91. The molecule has 19 heavy (non-hydrogen) atoms. The summed E-state index contributed by atoms with van der Waals surface area (Å²) in [6.45, 7) is 2.90. The highest BCUT2D eigenvalue weighted by Gasteiger charge is 2.41. The van der Waals surface area contributed by atoms with E-state index in [0.717, 1.165) is 6.42 Å². The largest absolute Gasteiger partial charge is 0.394 e. The average molecular weight is 272 g/mol. The number of aliphatic hydroxyl groups is 1. The Morgan fingerprint density at radius 3 is 2.84 bits per heavy atom. The molecule has 0 aromatic rings. The number of nitrogens with zero attached hydrogens (tertiary/aromatic N) is 2. The first-order valence-corrected chi connectivity index (χ1v) is 6.90. The van der Waals surface area contributed by atoms with Gasteiger partial charge in [0.1, 0.15) is 6.17 Å². The van der Waals surface area contributed by atoms with Gasteiger partial charge in [-0.05, 0) is 6.42 Å². The smallest absolute Gasteiger partial charge is 0.228 e. The molecule has 0 aromatic heterocycles. The number of alkyl halides is 1. The van der Waals surface area contributed by atoms with E-state index in [2.05, 4.69) is 0 Å². The van der Waals surface area contributed by atoms with Crippen LogP contribution in [-0.4, -0.2) is 65.2 Å². The minimum Gasteiger partial charge on any atom is -0.394 e. The van der Waals surface area contributed by atoms with E-state index in [-0.39, 0.29) is 43.7 Å². The molecule has 2 saturated heterocycles. The third kappa shape index (κ3) is 2.88. The van der Waals surface area contributed by atoms with E-state index in [1.54, 1.807) is 4.90 Å². The first kappa shape index (κ1) is 14.2. The third-order valence-electron chi connectivity index (χ3n) is 3.91. The first-order chi connectivity index (χ1) is 9.06. The molecule has 2 rings (SSSR count). The van der Waals surface area contributed by atoms with Crippen molar-refractivity contribution in [2.45, 2.75) is 38.4 Å². The fourth-order valence-electron chi connectivity index (χ4n) is 2.96. The Balaban J connectivity index is 1.99. The number of halogens is 1. The van der Waals surface area contributed by atoms with Crippen molar-refractivity contribution in [2.24, 2.45) is 5.92 Å². The van der Waals surface area contributed by atoms with Crippen molar-refractivity contribution in [2.75, 3.05) is 26.2 Å². The molecule has 2 fully saturated rings. The summed E-state index contributed by atoms with van der Waals surface area (Å²) in [5.41, 5.74) is 0. The molecule has 0 aromatic carbocycles. The first-order valence-electron chi connectivity index (χ1n) is 6.90. The van der Waals surface area contributed by atoms with Gasteiger partial charge in [-0.25, -0.2) is 4.39 Å². The quantitative estimate of drug-likeness (QED) is 0.794. The number of hydrogen-bond donors (Lipinski definition) is 1. The van der Waals surface area contributed by atoms with Crippen molar-refractivity contribution in [3.63, 3.8) is 0 Å². The van der Waals surface area contributed by atoms with Gasteiger partial charge in [-0.1, -0.05) is 6.92 Å². The SMILES string of the molecule is CCCN1CC(C(=O)N2CC(F)CC2CO)CC1=O. The minimum atomic E-state index is -1.06. The molecule has 0 bridgehead atoms. The van der Waals surface area contributed by atoms with Crippen LogP contribution in [0.4, 0.5) is 4.39 Å². The van der Waals surface area contributed by atoms with Crippen LogP contribution in [0, 0.1) is 5.92 Å². The van der Waals surface area contributed by atoms with E-state index in [4.69, 9.17) is 0 Å². The van der Waals surface area contributed by atoms with Gasteiger partial charge < -0.3 is 14.9 Å². The Morgan fingerprint density at radius 1 is 1.47 bits per heavy atom. The van der Waals surface area contributed by atoms with Crippen LogP contribution in [0.3, 0.4) is 0 Å². The maximum atomic E-state index is 13.3. The van der Waals surface area contributed by atoms with Crippen LogP contribution in [0.15, 0.2) is 0 Å². The van der Waals surface area contributed by atoms with Crippen LogP contribution in [-0.2, 0) is 9.59 Å². The lowest BCUT2D eigenvalue weighted by molar-refractivity contribution is -0.137. The van der Waals surface area contributed by atoms with E-state index in [1.807, 2.05) is 6.92 Å². The van der Waals surface area contributed by atoms with Crippen molar-refractivity contribution in [3.8, 4) is 0 Å². The minimum absolute atomic E-state index is 0.00301. The summed E-state index contributed by atoms with van der Waals surface area (Å²) in [6, 6.07) is -0.433. The molecule has 0 radical (unpaired) electrons. The number of rotatable bonds is 4. The highest BCUT2D eigenvalue weighted by molar-refractivity contribution is 5.89. The Labute approximate surface area is 112 Å². The molecule has 1 N–H and O–H groups in total. The number of carbonyl (C=O) groups excluding carboxylic acids is 2. The monoisotopic (exact) mass is 272 g/mol.